The molecule has 0 amide bonds. The highest BCUT2D eigenvalue weighted by Gasteiger charge is 2.19. The second kappa shape index (κ2) is 6.70. The van der Waals surface area contributed by atoms with Crippen LogP contribution in [0.3, 0.4) is 0 Å². The zero-order chi connectivity index (χ0) is 12.3. The molecule has 0 bridgehead atoms. The molecule has 0 aliphatic heterocycles. The van der Waals surface area contributed by atoms with E-state index in [4.69, 9.17) is 5.73 Å². The van der Waals surface area contributed by atoms with Gasteiger partial charge in [0.15, 0.2) is 0 Å². The zero-order valence-electron chi connectivity index (χ0n) is 9.60. The molecule has 3 N–H and O–H groups in total. The fraction of sp³-hybridized carbons (Fsp3) is 0.400. The van der Waals surface area contributed by atoms with Crippen LogP contribution in [0.1, 0.15) is 12.5 Å². The Kier molecular flexibility index (Phi) is 6.65. The van der Waals surface area contributed by atoms with Gasteiger partial charge in [-0.05, 0) is 41.4 Å². The summed E-state index contributed by atoms with van der Waals surface area (Å²) in [6.45, 7) is 3.83. The number of nitrogens with two attached hydrogens (primary N) is 1. The van der Waals surface area contributed by atoms with E-state index in [-0.39, 0.29) is 29.9 Å². The van der Waals surface area contributed by atoms with Crippen LogP contribution in [-0.2, 0) is 10.0 Å². The summed E-state index contributed by atoms with van der Waals surface area (Å²) in [5, 5.41) is 0. The van der Waals surface area contributed by atoms with Gasteiger partial charge in [-0.25, -0.2) is 13.1 Å². The fourth-order valence-electron chi connectivity index (χ4n) is 1.20. The summed E-state index contributed by atoms with van der Waals surface area (Å²) in [7, 11) is -3.50. The quantitative estimate of drug-likeness (QED) is 0.875. The van der Waals surface area contributed by atoms with E-state index >= 15 is 0 Å². The van der Waals surface area contributed by atoms with E-state index in [1.165, 1.54) is 0 Å². The lowest BCUT2D eigenvalue weighted by Gasteiger charge is -2.13. The van der Waals surface area contributed by atoms with Crippen molar-refractivity contribution in [1.29, 1.82) is 0 Å². The van der Waals surface area contributed by atoms with Gasteiger partial charge in [-0.2, -0.15) is 0 Å². The van der Waals surface area contributed by atoms with Crippen LogP contribution >= 0.6 is 28.3 Å². The second-order valence-corrected chi connectivity index (χ2v) is 6.12. The van der Waals surface area contributed by atoms with E-state index in [2.05, 4.69) is 20.7 Å². The molecule has 1 aromatic carbocycles. The van der Waals surface area contributed by atoms with E-state index in [0.717, 1.165) is 5.56 Å². The molecule has 0 aliphatic carbocycles. The monoisotopic (exact) mass is 342 g/mol. The van der Waals surface area contributed by atoms with Gasteiger partial charge in [-0.1, -0.05) is 12.1 Å². The van der Waals surface area contributed by atoms with Crippen molar-refractivity contribution in [3.8, 4) is 0 Å². The van der Waals surface area contributed by atoms with Crippen molar-refractivity contribution in [2.45, 2.75) is 24.8 Å². The van der Waals surface area contributed by atoms with Crippen molar-refractivity contribution in [2.24, 2.45) is 5.73 Å². The van der Waals surface area contributed by atoms with Crippen LogP contribution in [0.2, 0.25) is 0 Å². The van der Waals surface area contributed by atoms with E-state index < -0.39 is 10.0 Å². The molecule has 0 fully saturated rings. The molecule has 0 radical (unpaired) electrons. The molecule has 1 aromatic rings. The molecule has 0 spiro atoms. The zero-order valence-corrected chi connectivity index (χ0v) is 12.8. The molecule has 1 rings (SSSR count). The predicted molar refractivity (Wildman–Crippen MR) is 75.0 cm³/mol. The topological polar surface area (TPSA) is 72.2 Å². The summed E-state index contributed by atoms with van der Waals surface area (Å²) in [5.41, 5.74) is 6.26. The average molecular weight is 344 g/mol. The average Bonchev–Trinajstić information content (AvgIpc) is 2.21. The van der Waals surface area contributed by atoms with Crippen molar-refractivity contribution >= 4 is 38.4 Å². The van der Waals surface area contributed by atoms with Crippen LogP contribution in [0, 0.1) is 6.92 Å². The molecular formula is C10H16BrClN2O2S. The van der Waals surface area contributed by atoms with E-state index in [9.17, 15) is 8.42 Å². The Morgan fingerprint density at radius 1 is 1.47 bits per heavy atom. The first-order chi connectivity index (χ1) is 7.38. The van der Waals surface area contributed by atoms with Crippen molar-refractivity contribution in [1.82, 2.24) is 4.72 Å². The number of benzene rings is 1. The van der Waals surface area contributed by atoms with Crippen LogP contribution in [0.4, 0.5) is 0 Å². The van der Waals surface area contributed by atoms with Crippen molar-refractivity contribution in [2.75, 3.05) is 6.54 Å². The van der Waals surface area contributed by atoms with E-state index in [1.807, 2.05) is 13.0 Å². The summed E-state index contributed by atoms with van der Waals surface area (Å²) in [4.78, 5) is 0.243. The Morgan fingerprint density at radius 2 is 2.06 bits per heavy atom. The highest BCUT2D eigenvalue weighted by molar-refractivity contribution is 9.10. The third kappa shape index (κ3) is 4.22. The number of hydrogen-bond donors (Lipinski definition) is 2. The Hall–Kier alpha value is -0.140. The minimum Gasteiger partial charge on any atom is -0.329 e. The Bertz CT molecular complexity index is 479. The maximum atomic E-state index is 12.0. The third-order valence-corrected chi connectivity index (χ3v) is 5.10. The maximum Gasteiger partial charge on any atom is 0.241 e. The summed E-state index contributed by atoms with van der Waals surface area (Å²) in [6, 6.07) is 4.83. The minimum absolute atomic E-state index is 0. The lowest BCUT2D eigenvalue weighted by molar-refractivity contribution is 0.562. The van der Waals surface area contributed by atoms with E-state index in [0.29, 0.717) is 4.47 Å². The number of halogens is 2. The van der Waals surface area contributed by atoms with Gasteiger partial charge in [-0.3, -0.25) is 0 Å². The normalized spacial score (nSPS) is 12.9. The van der Waals surface area contributed by atoms with E-state index in [1.54, 1.807) is 19.1 Å². The van der Waals surface area contributed by atoms with Gasteiger partial charge in [0.2, 0.25) is 10.0 Å². The molecule has 0 unspecified atom stereocenters. The van der Waals surface area contributed by atoms with Crippen molar-refractivity contribution in [3.05, 3.63) is 28.2 Å². The number of sulfonamides is 1. The largest absolute Gasteiger partial charge is 0.329 e. The van der Waals surface area contributed by atoms with Crippen LogP contribution in [0.5, 0.6) is 0 Å². The van der Waals surface area contributed by atoms with Gasteiger partial charge in [-0.15, -0.1) is 12.4 Å². The number of hydrogen-bond acceptors (Lipinski definition) is 3. The molecule has 98 valence electrons. The third-order valence-electron chi connectivity index (χ3n) is 2.16. The van der Waals surface area contributed by atoms with Crippen LogP contribution in [-0.4, -0.2) is 21.0 Å². The summed E-state index contributed by atoms with van der Waals surface area (Å²) in [6.07, 6.45) is 0. The van der Waals surface area contributed by atoms with Gasteiger partial charge in [0, 0.05) is 17.1 Å². The van der Waals surface area contributed by atoms with Crippen LogP contribution in [0.25, 0.3) is 0 Å². The molecule has 0 aromatic heterocycles. The van der Waals surface area contributed by atoms with Gasteiger partial charge in [0.1, 0.15) is 0 Å². The molecule has 0 aliphatic rings. The molecule has 17 heavy (non-hydrogen) atoms. The first-order valence-electron chi connectivity index (χ1n) is 4.86. The Balaban J connectivity index is 0.00000256. The molecular weight excluding hydrogens is 328 g/mol. The molecule has 0 heterocycles. The Labute approximate surface area is 117 Å². The van der Waals surface area contributed by atoms with Gasteiger partial charge < -0.3 is 5.73 Å². The molecule has 0 saturated heterocycles. The van der Waals surface area contributed by atoms with Crippen LogP contribution in [0.15, 0.2) is 27.6 Å². The van der Waals surface area contributed by atoms with Gasteiger partial charge in [0.05, 0.1) is 4.90 Å². The maximum absolute atomic E-state index is 12.0. The summed E-state index contributed by atoms with van der Waals surface area (Å²) < 4.78 is 27.1. The van der Waals surface area contributed by atoms with Crippen LogP contribution < -0.4 is 10.5 Å². The summed E-state index contributed by atoms with van der Waals surface area (Å²) >= 11 is 3.28. The number of nitrogens with one attached hydrogen (secondary N) is 1. The number of rotatable bonds is 4. The SMILES string of the molecule is Cc1cccc(S(=O)(=O)N[C@@H](C)CN)c1Br.Cl. The lowest BCUT2D eigenvalue weighted by Crippen LogP contribution is -2.37. The highest BCUT2D eigenvalue weighted by atomic mass is 79.9. The highest BCUT2D eigenvalue weighted by Crippen LogP contribution is 2.25. The molecule has 4 nitrogen and oxygen atoms in total. The lowest BCUT2D eigenvalue weighted by atomic mass is 10.2. The fourth-order valence-corrected chi connectivity index (χ4v) is 3.52. The molecule has 7 heteroatoms. The molecule has 0 saturated carbocycles. The predicted octanol–water partition coefficient (Wildman–Crippen LogP) is 1.80. The van der Waals surface area contributed by atoms with Crippen molar-refractivity contribution in [3.63, 3.8) is 0 Å². The first kappa shape index (κ1) is 16.9. The smallest absolute Gasteiger partial charge is 0.241 e. The second-order valence-electron chi connectivity index (χ2n) is 3.65. The minimum atomic E-state index is -3.50. The van der Waals surface area contributed by atoms with Gasteiger partial charge >= 0.3 is 0 Å². The number of aryl methyl sites for hydroxylation is 1. The first-order valence-corrected chi connectivity index (χ1v) is 7.13. The summed E-state index contributed by atoms with van der Waals surface area (Å²) in [5.74, 6) is 0. The van der Waals surface area contributed by atoms with Gasteiger partial charge in [0.25, 0.3) is 0 Å². The standard InChI is InChI=1S/C10H15BrN2O2S.ClH/c1-7-4-3-5-9(10(7)11)16(14,15)13-8(2)6-12;/h3-5,8,13H,6,12H2,1-2H3;1H/t8-;/m0./s1. The van der Waals surface area contributed by atoms with Crippen molar-refractivity contribution < 1.29 is 8.42 Å². The molecule has 1 atom stereocenters. The Morgan fingerprint density at radius 3 is 2.59 bits per heavy atom.